The van der Waals surface area contributed by atoms with E-state index in [0.29, 0.717) is 34.1 Å². The van der Waals surface area contributed by atoms with Crippen molar-refractivity contribution in [2.75, 3.05) is 11.9 Å². The van der Waals surface area contributed by atoms with Crippen LogP contribution in [0.5, 0.6) is 5.75 Å². The highest BCUT2D eigenvalue weighted by Crippen LogP contribution is 2.34. The molecule has 158 valence electrons. The van der Waals surface area contributed by atoms with Crippen LogP contribution in [0.3, 0.4) is 0 Å². The van der Waals surface area contributed by atoms with E-state index in [4.69, 9.17) is 4.74 Å². The van der Waals surface area contributed by atoms with E-state index in [9.17, 15) is 14.0 Å². The molecule has 1 N–H and O–H groups in total. The van der Waals surface area contributed by atoms with E-state index in [-0.39, 0.29) is 24.0 Å². The predicted molar refractivity (Wildman–Crippen MR) is 119 cm³/mol. The first-order chi connectivity index (χ1) is 15.1. The number of thiophene rings is 1. The Morgan fingerprint density at radius 3 is 2.55 bits per heavy atom. The Kier molecular flexibility index (Phi) is 6.13. The number of ether oxygens (including phenoxy) is 1. The average molecular weight is 437 g/mol. The van der Waals surface area contributed by atoms with Crippen LogP contribution >= 0.6 is 11.3 Å². The molecule has 31 heavy (non-hydrogen) atoms. The molecule has 2 amide bonds. The lowest BCUT2D eigenvalue weighted by atomic mass is 10.1. The van der Waals surface area contributed by atoms with Crippen LogP contribution in [0.2, 0.25) is 0 Å². The van der Waals surface area contributed by atoms with Crippen LogP contribution in [-0.4, -0.2) is 23.3 Å². The zero-order valence-corrected chi connectivity index (χ0v) is 17.7. The van der Waals surface area contributed by atoms with Crippen LogP contribution in [0.15, 0.2) is 71.7 Å². The third-order valence-corrected chi connectivity index (χ3v) is 5.65. The van der Waals surface area contributed by atoms with Gasteiger partial charge in [0.1, 0.15) is 17.3 Å². The molecule has 0 bridgehead atoms. The predicted octanol–water partition coefficient (Wildman–Crippen LogP) is 5.07. The summed E-state index contributed by atoms with van der Waals surface area (Å²) in [7, 11) is 0. The number of nitrogens with one attached hydrogen (secondary N) is 1. The zero-order chi connectivity index (χ0) is 21.8. The summed E-state index contributed by atoms with van der Waals surface area (Å²) in [6, 6.07) is 16.7. The molecule has 7 heteroatoms. The molecule has 0 radical (unpaired) electrons. The van der Waals surface area contributed by atoms with Crippen LogP contribution in [0.4, 0.5) is 10.1 Å². The number of anilines is 1. The zero-order valence-electron chi connectivity index (χ0n) is 16.9. The molecule has 0 saturated heterocycles. The summed E-state index contributed by atoms with van der Waals surface area (Å²) in [4.78, 5) is 28.3. The van der Waals surface area contributed by atoms with Gasteiger partial charge in [0.15, 0.2) is 0 Å². The SMILES string of the molecule is CCCOc1cccc(NC2=C(c3cccs3)C(=O)N(Cc3ccc(F)cc3)C2=O)c1. The molecule has 1 aliphatic heterocycles. The number of carbonyl (C=O) groups excluding carboxylic acids is 2. The van der Waals surface area contributed by atoms with Crippen LogP contribution in [0.1, 0.15) is 23.8 Å². The van der Waals surface area contributed by atoms with Crippen LogP contribution < -0.4 is 10.1 Å². The summed E-state index contributed by atoms with van der Waals surface area (Å²) in [6.07, 6.45) is 0.886. The number of amides is 2. The third-order valence-electron chi connectivity index (χ3n) is 4.77. The van der Waals surface area contributed by atoms with E-state index >= 15 is 0 Å². The Morgan fingerprint density at radius 1 is 1.03 bits per heavy atom. The largest absolute Gasteiger partial charge is 0.494 e. The molecule has 2 heterocycles. The molecule has 2 aromatic carbocycles. The lowest BCUT2D eigenvalue weighted by molar-refractivity contribution is -0.137. The minimum absolute atomic E-state index is 0.0671. The Balaban J connectivity index is 1.65. The monoisotopic (exact) mass is 436 g/mol. The number of rotatable bonds is 8. The van der Waals surface area contributed by atoms with Crippen molar-refractivity contribution in [1.29, 1.82) is 0 Å². The fourth-order valence-electron chi connectivity index (χ4n) is 3.29. The van der Waals surface area contributed by atoms with Gasteiger partial charge in [-0.2, -0.15) is 0 Å². The molecule has 0 unspecified atom stereocenters. The summed E-state index contributed by atoms with van der Waals surface area (Å²) >= 11 is 1.39. The minimum atomic E-state index is -0.419. The third kappa shape index (κ3) is 4.51. The number of hydrogen-bond donors (Lipinski definition) is 1. The van der Waals surface area contributed by atoms with Crippen molar-refractivity contribution in [1.82, 2.24) is 4.90 Å². The normalized spacial score (nSPS) is 13.8. The van der Waals surface area contributed by atoms with Crippen LogP contribution in [-0.2, 0) is 16.1 Å². The molecular weight excluding hydrogens is 415 g/mol. The van der Waals surface area contributed by atoms with Gasteiger partial charge in [0.2, 0.25) is 0 Å². The first kappa shape index (κ1) is 20.8. The second kappa shape index (κ2) is 9.14. The second-order valence-corrected chi connectivity index (χ2v) is 8.00. The highest BCUT2D eigenvalue weighted by atomic mass is 32.1. The van der Waals surface area contributed by atoms with Gasteiger partial charge in [-0.15, -0.1) is 11.3 Å². The molecule has 1 aromatic heterocycles. The van der Waals surface area contributed by atoms with E-state index in [2.05, 4.69) is 5.32 Å². The first-order valence-corrected chi connectivity index (χ1v) is 10.8. The highest BCUT2D eigenvalue weighted by Gasteiger charge is 2.39. The van der Waals surface area contributed by atoms with Gasteiger partial charge >= 0.3 is 0 Å². The van der Waals surface area contributed by atoms with Gasteiger partial charge in [-0.05, 0) is 47.7 Å². The Labute approximate surface area is 183 Å². The van der Waals surface area contributed by atoms with Crippen LogP contribution in [0.25, 0.3) is 5.57 Å². The van der Waals surface area contributed by atoms with E-state index in [1.165, 1.54) is 28.4 Å². The Hall–Kier alpha value is -3.45. The van der Waals surface area contributed by atoms with Gasteiger partial charge in [-0.1, -0.05) is 31.2 Å². The number of halogens is 1. The molecule has 0 saturated carbocycles. The van der Waals surface area contributed by atoms with Crippen LogP contribution in [0, 0.1) is 5.82 Å². The summed E-state index contributed by atoms with van der Waals surface area (Å²) < 4.78 is 18.9. The smallest absolute Gasteiger partial charge is 0.278 e. The van der Waals surface area contributed by atoms with E-state index in [1.54, 1.807) is 18.2 Å². The maximum atomic E-state index is 13.2. The van der Waals surface area contributed by atoms with Crippen molar-refractivity contribution >= 4 is 34.4 Å². The summed E-state index contributed by atoms with van der Waals surface area (Å²) in [6.45, 7) is 2.69. The molecule has 0 fully saturated rings. The molecule has 3 aromatic rings. The van der Waals surface area contributed by atoms with Crippen molar-refractivity contribution in [2.45, 2.75) is 19.9 Å². The number of hydrogen-bond acceptors (Lipinski definition) is 5. The molecule has 5 nitrogen and oxygen atoms in total. The maximum absolute atomic E-state index is 13.2. The molecule has 0 atom stereocenters. The summed E-state index contributed by atoms with van der Waals surface area (Å²) in [5, 5.41) is 5.00. The molecular formula is C24H21FN2O3S. The minimum Gasteiger partial charge on any atom is -0.494 e. The first-order valence-electron chi connectivity index (χ1n) is 9.95. The maximum Gasteiger partial charge on any atom is 0.278 e. The number of imide groups is 1. The lowest BCUT2D eigenvalue weighted by Crippen LogP contribution is -2.31. The molecule has 0 aliphatic carbocycles. The molecule has 4 rings (SSSR count). The number of nitrogens with zero attached hydrogens (tertiary/aromatic N) is 1. The Bertz CT molecular complexity index is 1120. The highest BCUT2D eigenvalue weighted by molar-refractivity contribution is 7.11. The van der Waals surface area contributed by atoms with Gasteiger partial charge in [0.25, 0.3) is 11.8 Å². The van der Waals surface area contributed by atoms with Gasteiger partial charge in [0, 0.05) is 16.6 Å². The van der Waals surface area contributed by atoms with Gasteiger partial charge in [-0.25, -0.2) is 4.39 Å². The second-order valence-electron chi connectivity index (χ2n) is 7.05. The molecule has 1 aliphatic rings. The number of carbonyl (C=O) groups is 2. The van der Waals surface area contributed by atoms with Crippen molar-refractivity contribution in [3.63, 3.8) is 0 Å². The summed E-state index contributed by atoms with van der Waals surface area (Å²) in [5.41, 5.74) is 1.89. The summed E-state index contributed by atoms with van der Waals surface area (Å²) in [5.74, 6) is -0.479. The van der Waals surface area contributed by atoms with Gasteiger partial charge in [0.05, 0.1) is 18.7 Å². The van der Waals surface area contributed by atoms with E-state index in [1.807, 2.05) is 42.6 Å². The standard InChI is InChI=1S/C24H21FN2O3S/c1-2-12-30-19-6-3-5-18(14-19)26-22-21(20-7-4-13-31-20)23(28)27(24(22)29)15-16-8-10-17(25)11-9-16/h3-11,13-14,26H,2,12,15H2,1H3. The van der Waals surface area contributed by atoms with Crippen molar-refractivity contribution < 1.29 is 18.7 Å². The van der Waals surface area contributed by atoms with Crippen molar-refractivity contribution in [3.8, 4) is 5.75 Å². The van der Waals surface area contributed by atoms with E-state index in [0.717, 1.165) is 6.42 Å². The Morgan fingerprint density at radius 2 is 1.84 bits per heavy atom. The number of benzene rings is 2. The topological polar surface area (TPSA) is 58.6 Å². The average Bonchev–Trinajstić information content (AvgIpc) is 3.37. The van der Waals surface area contributed by atoms with Crippen molar-refractivity contribution in [3.05, 3.63) is 88.0 Å². The van der Waals surface area contributed by atoms with Gasteiger partial charge in [-0.3, -0.25) is 14.5 Å². The van der Waals surface area contributed by atoms with Gasteiger partial charge < -0.3 is 10.1 Å². The lowest BCUT2D eigenvalue weighted by Gasteiger charge is -2.15. The quantitative estimate of drug-likeness (QED) is 0.501. The van der Waals surface area contributed by atoms with Crippen molar-refractivity contribution in [2.24, 2.45) is 0 Å². The molecule has 0 spiro atoms. The fraction of sp³-hybridized carbons (Fsp3) is 0.167. The fourth-order valence-corrected chi connectivity index (χ4v) is 4.05. The van der Waals surface area contributed by atoms with E-state index < -0.39 is 5.91 Å².